The van der Waals surface area contributed by atoms with E-state index in [4.69, 9.17) is 4.52 Å². The summed E-state index contributed by atoms with van der Waals surface area (Å²) in [6.45, 7) is 7.91. The van der Waals surface area contributed by atoms with Crippen LogP contribution in [0.25, 0.3) is 0 Å². The summed E-state index contributed by atoms with van der Waals surface area (Å²) in [5.74, 6) is 0.860. The van der Waals surface area contributed by atoms with Gasteiger partial charge in [0.2, 0.25) is 0 Å². The normalized spacial score (nSPS) is 15.0. The molecule has 25 heavy (non-hydrogen) atoms. The predicted octanol–water partition coefficient (Wildman–Crippen LogP) is 3.67. The number of hydrogen-bond acceptors (Lipinski definition) is 4. The van der Waals surface area contributed by atoms with E-state index in [0.717, 1.165) is 12.3 Å². The SMILES string of the molecule is CC(C)c1cc(C(=O)N(C)Cc2ccccc2CN2CCCC2)no1. The van der Waals surface area contributed by atoms with Crippen LogP contribution in [-0.2, 0) is 13.1 Å². The molecule has 1 amide bonds. The molecule has 0 unspecified atom stereocenters. The van der Waals surface area contributed by atoms with Crippen molar-refractivity contribution in [1.29, 1.82) is 0 Å². The van der Waals surface area contributed by atoms with Crippen LogP contribution in [-0.4, -0.2) is 41.0 Å². The lowest BCUT2D eigenvalue weighted by molar-refractivity contribution is 0.0774. The zero-order valence-corrected chi connectivity index (χ0v) is 15.4. The summed E-state index contributed by atoms with van der Waals surface area (Å²) in [7, 11) is 1.82. The quantitative estimate of drug-likeness (QED) is 0.804. The molecule has 1 aromatic heterocycles. The second-order valence-electron chi connectivity index (χ2n) is 7.18. The van der Waals surface area contributed by atoms with Gasteiger partial charge in [-0.25, -0.2) is 0 Å². The summed E-state index contributed by atoms with van der Waals surface area (Å²) < 4.78 is 5.26. The van der Waals surface area contributed by atoms with Gasteiger partial charge >= 0.3 is 0 Å². The van der Waals surface area contributed by atoms with E-state index in [0.29, 0.717) is 12.2 Å². The maximum atomic E-state index is 12.6. The molecule has 2 aromatic rings. The average Bonchev–Trinajstić information content (AvgIpc) is 3.27. The summed E-state index contributed by atoms with van der Waals surface area (Å²) >= 11 is 0. The zero-order valence-electron chi connectivity index (χ0n) is 15.4. The van der Waals surface area contributed by atoms with Crippen molar-refractivity contribution in [2.75, 3.05) is 20.1 Å². The van der Waals surface area contributed by atoms with Crippen LogP contribution in [0.1, 0.15) is 60.0 Å². The van der Waals surface area contributed by atoms with Gasteiger partial charge in [-0.2, -0.15) is 0 Å². The first-order valence-electron chi connectivity index (χ1n) is 9.06. The van der Waals surface area contributed by atoms with Gasteiger partial charge in [-0.05, 0) is 37.1 Å². The van der Waals surface area contributed by atoms with Crippen molar-refractivity contribution in [2.24, 2.45) is 0 Å². The second-order valence-corrected chi connectivity index (χ2v) is 7.18. The highest BCUT2D eigenvalue weighted by Gasteiger charge is 2.20. The zero-order chi connectivity index (χ0) is 17.8. The Morgan fingerprint density at radius 2 is 1.92 bits per heavy atom. The van der Waals surface area contributed by atoms with Crippen LogP contribution in [0.15, 0.2) is 34.9 Å². The molecule has 2 heterocycles. The number of hydrogen-bond donors (Lipinski definition) is 0. The van der Waals surface area contributed by atoms with Gasteiger partial charge in [-0.3, -0.25) is 9.69 Å². The number of benzene rings is 1. The third kappa shape index (κ3) is 4.28. The molecule has 5 nitrogen and oxygen atoms in total. The molecule has 0 aliphatic carbocycles. The fraction of sp³-hybridized carbons (Fsp3) is 0.500. The number of carbonyl (C=O) groups excluding carboxylic acids is 1. The Kier molecular flexibility index (Phi) is 5.53. The van der Waals surface area contributed by atoms with Crippen molar-refractivity contribution in [3.63, 3.8) is 0 Å². The third-order valence-electron chi connectivity index (χ3n) is 4.78. The van der Waals surface area contributed by atoms with Crippen LogP contribution in [0.2, 0.25) is 0 Å². The number of aromatic nitrogens is 1. The van der Waals surface area contributed by atoms with E-state index in [1.807, 2.05) is 27.0 Å². The summed E-state index contributed by atoms with van der Waals surface area (Å²) in [5, 5.41) is 3.93. The van der Waals surface area contributed by atoms with Crippen LogP contribution in [0.5, 0.6) is 0 Å². The molecule has 0 radical (unpaired) electrons. The van der Waals surface area contributed by atoms with Gasteiger partial charge < -0.3 is 9.42 Å². The predicted molar refractivity (Wildman–Crippen MR) is 97.3 cm³/mol. The number of carbonyl (C=O) groups is 1. The van der Waals surface area contributed by atoms with Crippen LogP contribution >= 0.6 is 0 Å². The smallest absolute Gasteiger partial charge is 0.276 e. The minimum atomic E-state index is -0.105. The standard InChI is InChI=1S/C20H27N3O2/c1-15(2)19-12-18(21-25-19)20(24)22(3)13-16-8-4-5-9-17(16)14-23-10-6-7-11-23/h4-5,8-9,12,15H,6-7,10-11,13-14H2,1-3H3. The van der Waals surface area contributed by atoms with E-state index < -0.39 is 0 Å². The molecule has 0 spiro atoms. The Morgan fingerprint density at radius 1 is 1.24 bits per heavy atom. The van der Waals surface area contributed by atoms with Crippen molar-refractivity contribution < 1.29 is 9.32 Å². The molecule has 0 atom stereocenters. The molecular weight excluding hydrogens is 314 g/mol. The highest BCUT2D eigenvalue weighted by molar-refractivity contribution is 5.92. The van der Waals surface area contributed by atoms with Gasteiger partial charge in [-0.1, -0.05) is 43.3 Å². The monoisotopic (exact) mass is 341 g/mol. The van der Waals surface area contributed by atoms with Gasteiger partial charge in [-0.15, -0.1) is 0 Å². The topological polar surface area (TPSA) is 49.6 Å². The first-order valence-corrected chi connectivity index (χ1v) is 9.06. The maximum absolute atomic E-state index is 12.6. The van der Waals surface area contributed by atoms with Gasteiger partial charge in [0.25, 0.3) is 5.91 Å². The van der Waals surface area contributed by atoms with Crippen molar-refractivity contribution in [3.8, 4) is 0 Å². The molecule has 1 aliphatic heterocycles. The highest BCUT2D eigenvalue weighted by Crippen LogP contribution is 2.19. The highest BCUT2D eigenvalue weighted by atomic mass is 16.5. The Balaban J connectivity index is 1.69. The molecule has 1 aliphatic rings. The fourth-order valence-corrected chi connectivity index (χ4v) is 3.23. The number of amides is 1. The molecule has 0 bridgehead atoms. The van der Waals surface area contributed by atoms with E-state index in [1.165, 1.54) is 37.1 Å². The van der Waals surface area contributed by atoms with Gasteiger partial charge in [0.1, 0.15) is 5.76 Å². The lowest BCUT2D eigenvalue weighted by atomic mass is 10.1. The van der Waals surface area contributed by atoms with Crippen molar-refractivity contribution in [1.82, 2.24) is 15.0 Å². The van der Waals surface area contributed by atoms with Crippen molar-refractivity contribution in [3.05, 3.63) is 52.9 Å². The first kappa shape index (κ1) is 17.7. The Hall–Kier alpha value is -2.14. The summed E-state index contributed by atoms with van der Waals surface area (Å²) in [5.41, 5.74) is 2.87. The van der Waals surface area contributed by atoms with E-state index in [-0.39, 0.29) is 11.8 Å². The maximum Gasteiger partial charge on any atom is 0.276 e. The van der Waals surface area contributed by atoms with Crippen molar-refractivity contribution >= 4 is 5.91 Å². The summed E-state index contributed by atoms with van der Waals surface area (Å²) in [6, 6.07) is 10.1. The summed E-state index contributed by atoms with van der Waals surface area (Å²) in [4.78, 5) is 16.8. The van der Waals surface area contributed by atoms with Crippen LogP contribution < -0.4 is 0 Å². The largest absolute Gasteiger partial charge is 0.360 e. The molecule has 5 heteroatoms. The minimum absolute atomic E-state index is 0.105. The van der Waals surface area contributed by atoms with E-state index >= 15 is 0 Å². The molecule has 0 saturated carbocycles. The molecule has 1 saturated heterocycles. The van der Waals surface area contributed by atoms with Gasteiger partial charge in [0, 0.05) is 32.1 Å². The van der Waals surface area contributed by atoms with E-state index in [9.17, 15) is 4.79 Å². The van der Waals surface area contributed by atoms with E-state index in [1.54, 1.807) is 11.0 Å². The second kappa shape index (κ2) is 7.83. The molecule has 1 fully saturated rings. The van der Waals surface area contributed by atoms with Gasteiger partial charge in [0.05, 0.1) is 0 Å². The van der Waals surface area contributed by atoms with Crippen molar-refractivity contribution in [2.45, 2.75) is 45.7 Å². The van der Waals surface area contributed by atoms with Crippen LogP contribution in [0, 0.1) is 0 Å². The Labute approximate surface area is 149 Å². The molecular formula is C20H27N3O2. The molecule has 1 aromatic carbocycles. The number of likely N-dealkylation sites (tertiary alicyclic amines) is 1. The van der Waals surface area contributed by atoms with Crippen LogP contribution in [0.4, 0.5) is 0 Å². The first-order chi connectivity index (χ1) is 12.0. The van der Waals surface area contributed by atoms with Gasteiger partial charge in [0.15, 0.2) is 5.69 Å². The Bertz CT molecular complexity index is 717. The van der Waals surface area contributed by atoms with Crippen LogP contribution in [0.3, 0.4) is 0 Å². The average molecular weight is 341 g/mol. The fourth-order valence-electron chi connectivity index (χ4n) is 3.23. The molecule has 0 N–H and O–H groups in total. The molecule has 3 rings (SSSR count). The summed E-state index contributed by atoms with van der Waals surface area (Å²) in [6.07, 6.45) is 2.57. The molecule has 134 valence electrons. The lowest BCUT2D eigenvalue weighted by Gasteiger charge is -2.21. The van der Waals surface area contributed by atoms with E-state index in [2.05, 4.69) is 28.3 Å². The third-order valence-corrected chi connectivity index (χ3v) is 4.78. The number of nitrogens with zero attached hydrogens (tertiary/aromatic N) is 3. The number of rotatable bonds is 6. The lowest BCUT2D eigenvalue weighted by Crippen LogP contribution is -2.27. The minimum Gasteiger partial charge on any atom is -0.360 e. The Morgan fingerprint density at radius 3 is 2.56 bits per heavy atom.